The number of oxime groups is 1. The number of carbonyl (C=O) groups excluding carboxylic acids is 1. The molecule has 0 fully saturated rings. The number of aliphatic carboxylic acids is 1. The predicted octanol–water partition coefficient (Wildman–Crippen LogP) is 3.81. The van der Waals surface area contributed by atoms with Gasteiger partial charge < -0.3 is 26.1 Å². The lowest BCUT2D eigenvalue weighted by molar-refractivity contribution is -0.158. The summed E-state index contributed by atoms with van der Waals surface area (Å²) in [7, 11) is 0.849. The van der Waals surface area contributed by atoms with E-state index in [1.54, 1.807) is 0 Å². The Balaban J connectivity index is 3.21. The van der Waals surface area contributed by atoms with Gasteiger partial charge in [0.05, 0.1) is 35.0 Å². The highest BCUT2D eigenvalue weighted by molar-refractivity contribution is 6.31. The first-order chi connectivity index (χ1) is 16.2. The number of hydrogen-bond donors (Lipinski definition) is 4. The van der Waals surface area contributed by atoms with Crippen LogP contribution < -0.4 is 11.1 Å². The molecule has 1 aliphatic heterocycles. The number of allylic oxidation sites excluding steroid dienone is 1. The summed E-state index contributed by atoms with van der Waals surface area (Å²) >= 11 is 5.80. The molecule has 14 heteroatoms. The van der Waals surface area contributed by atoms with Gasteiger partial charge in [0.1, 0.15) is 23.7 Å². The van der Waals surface area contributed by atoms with Gasteiger partial charge in [0.25, 0.3) is 0 Å². The van der Waals surface area contributed by atoms with E-state index in [1.165, 1.54) is 13.8 Å². The van der Waals surface area contributed by atoms with Crippen LogP contribution in [0.1, 0.15) is 37.3 Å². The van der Waals surface area contributed by atoms with Crippen molar-refractivity contribution < 1.29 is 46.6 Å². The van der Waals surface area contributed by atoms with E-state index in [0.717, 1.165) is 7.11 Å². The topological polar surface area (TPSA) is 134 Å². The molecule has 1 aromatic rings. The molecule has 5 N–H and O–H groups in total. The molecule has 3 unspecified atom stereocenters. The monoisotopic (exact) mass is 527 g/mol. The van der Waals surface area contributed by atoms with E-state index in [9.17, 15) is 32.3 Å². The first-order valence-electron chi connectivity index (χ1n) is 10.1. The van der Waals surface area contributed by atoms with Gasteiger partial charge in [-0.05, 0) is 18.1 Å². The van der Waals surface area contributed by atoms with Crippen molar-refractivity contribution in [3.05, 3.63) is 45.4 Å². The van der Waals surface area contributed by atoms with Crippen molar-refractivity contribution in [3.63, 3.8) is 0 Å². The van der Waals surface area contributed by atoms with Crippen molar-refractivity contribution in [2.24, 2.45) is 22.2 Å². The highest BCUT2D eigenvalue weighted by atomic mass is 35.5. The van der Waals surface area contributed by atoms with Crippen LogP contribution in [0, 0.1) is 17.2 Å². The van der Waals surface area contributed by atoms with Gasteiger partial charge >= 0.3 is 18.1 Å². The minimum absolute atomic E-state index is 0.546. The number of hydrogen-bond acceptors (Lipinski definition) is 6. The largest absolute Gasteiger partial charge is 0.481 e. The Kier molecular flexibility index (Phi) is 8.25. The van der Waals surface area contributed by atoms with Gasteiger partial charge in [-0.15, -0.1) is 0 Å². The van der Waals surface area contributed by atoms with E-state index in [0.29, 0.717) is 12.1 Å². The number of nitrogens with zero attached hydrogens (tertiary/aromatic N) is 1. The summed E-state index contributed by atoms with van der Waals surface area (Å²) in [5.74, 6) is -8.58. The fourth-order valence-electron chi connectivity index (χ4n) is 4.73. The molecule has 0 saturated carbocycles. The van der Waals surface area contributed by atoms with E-state index < -0.39 is 93.6 Å². The maximum absolute atomic E-state index is 15.3. The van der Waals surface area contributed by atoms with Crippen LogP contribution in [0.4, 0.5) is 22.0 Å². The zero-order chi connectivity index (χ0) is 26.9. The first-order valence-corrected chi connectivity index (χ1v) is 10.5. The molecule has 0 aliphatic carbocycles. The third-order valence-electron chi connectivity index (χ3n) is 6.14. The Bertz CT molecular complexity index is 1080. The van der Waals surface area contributed by atoms with E-state index >= 15 is 4.39 Å². The second-order valence-corrected chi connectivity index (χ2v) is 8.56. The zero-order valence-corrected chi connectivity index (χ0v) is 19.5. The number of amidine groups is 1. The summed E-state index contributed by atoms with van der Waals surface area (Å²) in [6.07, 6.45) is -5.90. The number of nitrogens with one attached hydrogen (secondary N) is 1. The van der Waals surface area contributed by atoms with Crippen molar-refractivity contribution >= 4 is 29.4 Å². The Hall–Kier alpha value is -3.09. The average Bonchev–Trinajstić information content (AvgIpc) is 2.77. The van der Waals surface area contributed by atoms with Gasteiger partial charge in [0, 0.05) is 17.9 Å². The van der Waals surface area contributed by atoms with Crippen molar-refractivity contribution in [2.75, 3.05) is 13.8 Å². The third kappa shape index (κ3) is 4.73. The van der Waals surface area contributed by atoms with Gasteiger partial charge in [-0.25, -0.2) is 13.6 Å². The normalized spacial score (nSPS) is 23.3. The summed E-state index contributed by atoms with van der Waals surface area (Å²) in [4.78, 5) is 25.7. The molecule has 0 aromatic heterocycles. The minimum Gasteiger partial charge on any atom is -0.481 e. The van der Waals surface area contributed by atoms with Gasteiger partial charge in [-0.3, -0.25) is 4.79 Å². The number of carboxylic acids is 1. The number of carbonyl (C=O) groups is 2. The van der Waals surface area contributed by atoms with Crippen LogP contribution in [0.5, 0.6) is 0 Å². The molecule has 0 radical (unpaired) electrons. The summed E-state index contributed by atoms with van der Waals surface area (Å²) in [5, 5.41) is 23.8. The molecule has 1 aromatic carbocycles. The minimum atomic E-state index is -5.29. The maximum Gasteiger partial charge on any atom is 0.418 e. The molecule has 1 heterocycles. The molecule has 0 saturated heterocycles. The number of esters is 1. The fraction of sp³-hybridized carbons (Fsp3) is 0.476. The van der Waals surface area contributed by atoms with Crippen molar-refractivity contribution in [1.82, 2.24) is 5.32 Å². The number of benzene rings is 1. The lowest BCUT2D eigenvalue weighted by atomic mass is 9.55. The molecule has 8 nitrogen and oxygen atoms in total. The molecule has 2 rings (SSSR count). The molecule has 35 heavy (non-hydrogen) atoms. The molecule has 194 valence electrons. The average molecular weight is 528 g/mol. The zero-order valence-electron chi connectivity index (χ0n) is 18.7. The number of rotatable bonds is 7. The van der Waals surface area contributed by atoms with Crippen LogP contribution in [0.15, 0.2) is 28.6 Å². The standard InChI is InChI=1S/C21H23ClF5N3O5/c1-8(2)20(19(32)33)12(6-13(28)30-34)29-11(7-23)15(18(31)35-3)17(20)14-10(24)5-4-9(22)16(14)21(25,26)27/h4-5,8,12,17,29,34H,6-7H2,1-3H3,(H2,28,30)(H,32,33). The number of ether oxygens (including phenoxy) is 1. The number of alkyl halides is 4. The van der Waals surface area contributed by atoms with Gasteiger partial charge in [0.2, 0.25) is 0 Å². The summed E-state index contributed by atoms with van der Waals surface area (Å²) in [5.41, 5.74) is -1.39. The van der Waals surface area contributed by atoms with Gasteiger partial charge in [0.15, 0.2) is 0 Å². The SMILES string of the molecule is COC(=O)C1=C(CF)NC(CC(N)=NO)C(C(=O)O)(C(C)C)C1c1c(F)ccc(Cl)c1C(F)(F)F. The maximum atomic E-state index is 15.3. The van der Waals surface area contributed by atoms with Crippen molar-refractivity contribution in [2.45, 2.75) is 38.4 Å². The summed E-state index contributed by atoms with van der Waals surface area (Å²) in [6, 6.07) is -0.336. The van der Waals surface area contributed by atoms with Crippen LogP contribution in [-0.4, -0.2) is 47.9 Å². The van der Waals surface area contributed by atoms with E-state index in [2.05, 4.69) is 15.2 Å². The van der Waals surface area contributed by atoms with E-state index in [4.69, 9.17) is 22.5 Å². The lowest BCUT2D eigenvalue weighted by Crippen LogP contribution is -2.62. The highest BCUT2D eigenvalue weighted by Gasteiger charge is 2.62. The quantitative estimate of drug-likeness (QED) is 0.106. The first kappa shape index (κ1) is 28.1. The molecule has 0 amide bonds. The summed E-state index contributed by atoms with van der Waals surface area (Å²) in [6.45, 7) is 1.14. The highest BCUT2D eigenvalue weighted by Crippen LogP contribution is 2.56. The molecule has 1 aliphatic rings. The van der Waals surface area contributed by atoms with Crippen molar-refractivity contribution in [3.8, 4) is 0 Å². The van der Waals surface area contributed by atoms with Crippen LogP contribution in [0.25, 0.3) is 0 Å². The number of carboxylic acid groups (broad SMARTS) is 1. The van der Waals surface area contributed by atoms with Crippen molar-refractivity contribution in [1.29, 1.82) is 0 Å². The Morgan fingerprint density at radius 1 is 1.34 bits per heavy atom. The van der Waals surface area contributed by atoms with Crippen LogP contribution >= 0.6 is 11.6 Å². The number of halogens is 6. The van der Waals surface area contributed by atoms with E-state index in [1.807, 2.05) is 0 Å². The van der Waals surface area contributed by atoms with Gasteiger partial charge in [-0.1, -0.05) is 30.6 Å². The molecule has 3 atom stereocenters. The Morgan fingerprint density at radius 3 is 2.37 bits per heavy atom. The third-order valence-corrected chi connectivity index (χ3v) is 6.45. The second-order valence-electron chi connectivity index (χ2n) is 8.15. The number of methoxy groups -OCH3 is 1. The Labute approximate surface area is 201 Å². The van der Waals surface area contributed by atoms with Crippen LogP contribution in [-0.2, 0) is 20.5 Å². The Morgan fingerprint density at radius 2 is 1.94 bits per heavy atom. The molecular formula is C21H23ClF5N3O5. The van der Waals surface area contributed by atoms with Crippen LogP contribution in [0.2, 0.25) is 5.02 Å². The predicted molar refractivity (Wildman–Crippen MR) is 114 cm³/mol. The second kappa shape index (κ2) is 10.3. The number of nitrogens with two attached hydrogens (primary N) is 1. The molecule has 0 spiro atoms. The van der Waals surface area contributed by atoms with Crippen LogP contribution in [0.3, 0.4) is 0 Å². The molecular weight excluding hydrogens is 505 g/mol. The lowest BCUT2D eigenvalue weighted by Gasteiger charge is -2.51. The van der Waals surface area contributed by atoms with Gasteiger partial charge in [-0.2, -0.15) is 13.2 Å². The van der Waals surface area contributed by atoms with E-state index in [-0.39, 0.29) is 0 Å². The fourth-order valence-corrected chi connectivity index (χ4v) is 5.00. The summed E-state index contributed by atoms with van der Waals surface area (Å²) < 4.78 is 76.6. The molecule has 0 bridgehead atoms. The smallest absolute Gasteiger partial charge is 0.418 e.